The zero-order chi connectivity index (χ0) is 17.7. The number of nitrogens with one attached hydrogen (secondary N) is 2. The molecular formula is C17H24N5O2+. The Bertz CT molecular complexity index is 694. The van der Waals surface area contributed by atoms with Gasteiger partial charge in [0.1, 0.15) is 11.9 Å². The van der Waals surface area contributed by atoms with E-state index in [1.165, 1.54) is 6.92 Å². The fourth-order valence-corrected chi connectivity index (χ4v) is 2.33. The quantitative estimate of drug-likeness (QED) is 0.812. The van der Waals surface area contributed by atoms with Gasteiger partial charge in [0.25, 0.3) is 6.17 Å². The summed E-state index contributed by atoms with van der Waals surface area (Å²) in [6.07, 6.45) is 5.53. The molecule has 0 aliphatic carbocycles. The van der Waals surface area contributed by atoms with Crippen LogP contribution in [-0.2, 0) is 9.63 Å². The van der Waals surface area contributed by atoms with Gasteiger partial charge in [-0.25, -0.2) is 4.84 Å². The lowest BCUT2D eigenvalue weighted by Gasteiger charge is -2.20. The molecule has 0 bridgehead atoms. The Morgan fingerprint density at radius 2 is 2.12 bits per heavy atom. The molecule has 0 spiro atoms. The molecule has 2 N–H and O–H groups in total. The van der Waals surface area contributed by atoms with Crippen LogP contribution in [0.5, 0.6) is 0 Å². The molecule has 2 rings (SSSR count). The smallest absolute Gasteiger partial charge is 0.256 e. The first kappa shape index (κ1) is 17.8. The van der Waals surface area contributed by atoms with Crippen molar-refractivity contribution in [2.75, 3.05) is 31.4 Å². The second-order valence-electron chi connectivity index (χ2n) is 5.77. The third-order valence-electron chi connectivity index (χ3n) is 3.64. The van der Waals surface area contributed by atoms with E-state index >= 15 is 0 Å². The van der Waals surface area contributed by atoms with Crippen LogP contribution in [0.4, 0.5) is 17.1 Å². The summed E-state index contributed by atoms with van der Waals surface area (Å²) in [6, 6.07) is 5.65. The second-order valence-corrected chi connectivity index (χ2v) is 5.77. The molecule has 0 aromatic heterocycles. The number of azo groups is 1. The van der Waals surface area contributed by atoms with Crippen molar-refractivity contribution in [2.45, 2.75) is 20.0 Å². The molecule has 7 heteroatoms. The highest BCUT2D eigenvalue weighted by atomic mass is 16.7. The summed E-state index contributed by atoms with van der Waals surface area (Å²) >= 11 is 0. The lowest BCUT2D eigenvalue weighted by atomic mass is 10.2. The number of rotatable bonds is 5. The molecule has 0 radical (unpaired) electrons. The van der Waals surface area contributed by atoms with Crippen molar-refractivity contribution in [3.8, 4) is 0 Å². The van der Waals surface area contributed by atoms with Crippen LogP contribution >= 0.6 is 0 Å². The molecule has 0 saturated heterocycles. The Morgan fingerprint density at radius 3 is 2.75 bits per heavy atom. The summed E-state index contributed by atoms with van der Waals surface area (Å²) in [5.74, 6) is -0.150. The molecule has 1 aromatic rings. The van der Waals surface area contributed by atoms with Crippen LogP contribution in [0.1, 0.15) is 13.8 Å². The Hall–Kier alpha value is -2.51. The van der Waals surface area contributed by atoms with Gasteiger partial charge < -0.3 is 10.2 Å². The lowest BCUT2D eigenvalue weighted by molar-refractivity contribution is -1.06. The number of carbonyl (C=O) groups excluding carboxylic acids is 1. The van der Waals surface area contributed by atoms with Gasteiger partial charge in [0.05, 0.1) is 12.8 Å². The van der Waals surface area contributed by atoms with E-state index in [0.717, 1.165) is 16.3 Å². The molecule has 1 aliphatic rings. The van der Waals surface area contributed by atoms with Crippen molar-refractivity contribution in [2.24, 2.45) is 10.2 Å². The van der Waals surface area contributed by atoms with Gasteiger partial charge in [-0.15, -0.1) is 15.3 Å². The maximum atomic E-state index is 11.5. The molecular weight excluding hydrogens is 306 g/mol. The standard InChI is InChI=1S/C17H23N5O2/c1-12-7-6-10-22(24-5)17(12)20-19-15-9-8-14(21(3)4)11-16(15)18-13(2)23/h6-11,17H,1-5H3,(H,18,23)/p+1. The first-order valence-electron chi connectivity index (χ1n) is 7.68. The van der Waals surface area contributed by atoms with Crippen LogP contribution in [-0.4, -0.2) is 33.3 Å². The SMILES string of the molecule is CO[NH+]1C=CC=C(C)C1N=Nc1ccc(N(C)C)cc1NC(C)=O. The van der Waals surface area contributed by atoms with Crippen LogP contribution < -0.4 is 15.3 Å². The number of nitrogens with zero attached hydrogens (tertiary/aromatic N) is 3. The highest BCUT2D eigenvalue weighted by Gasteiger charge is 2.25. The molecule has 1 aliphatic heterocycles. The topological polar surface area (TPSA) is 70.7 Å². The van der Waals surface area contributed by atoms with Crippen LogP contribution in [0.2, 0.25) is 0 Å². The summed E-state index contributed by atoms with van der Waals surface area (Å²) in [5.41, 5.74) is 3.25. The number of carbonyl (C=O) groups is 1. The van der Waals surface area contributed by atoms with Crippen molar-refractivity contribution in [3.05, 3.63) is 42.1 Å². The fraction of sp³-hybridized carbons (Fsp3) is 0.353. The highest BCUT2D eigenvalue weighted by Crippen LogP contribution is 2.30. The number of hydrogen-bond donors (Lipinski definition) is 2. The van der Waals surface area contributed by atoms with Crippen molar-refractivity contribution >= 4 is 23.0 Å². The van der Waals surface area contributed by atoms with Crippen molar-refractivity contribution in [3.63, 3.8) is 0 Å². The van der Waals surface area contributed by atoms with Gasteiger partial charge in [-0.3, -0.25) is 4.79 Å². The number of amides is 1. The van der Waals surface area contributed by atoms with Gasteiger partial charge in [0, 0.05) is 32.3 Å². The van der Waals surface area contributed by atoms with Crippen molar-refractivity contribution in [1.82, 2.24) is 0 Å². The molecule has 24 heavy (non-hydrogen) atoms. The second kappa shape index (κ2) is 7.85. The minimum atomic E-state index is -0.251. The minimum Gasteiger partial charge on any atom is -0.378 e. The van der Waals surface area contributed by atoms with E-state index in [0.29, 0.717) is 11.4 Å². The summed E-state index contributed by atoms with van der Waals surface area (Å²) in [7, 11) is 5.50. The summed E-state index contributed by atoms with van der Waals surface area (Å²) in [6.45, 7) is 3.45. The number of hydrogen-bond acceptors (Lipinski definition) is 5. The van der Waals surface area contributed by atoms with E-state index in [-0.39, 0.29) is 12.1 Å². The minimum absolute atomic E-state index is 0.150. The van der Waals surface area contributed by atoms with Gasteiger partial charge in [0.15, 0.2) is 0 Å². The molecule has 1 heterocycles. The van der Waals surface area contributed by atoms with E-state index in [2.05, 4.69) is 15.5 Å². The molecule has 0 fully saturated rings. The number of allylic oxidation sites excluding steroid dienone is 2. The first-order chi connectivity index (χ1) is 11.4. The number of anilines is 2. The van der Waals surface area contributed by atoms with Gasteiger partial charge in [-0.05, 0) is 37.3 Å². The van der Waals surface area contributed by atoms with Crippen molar-refractivity contribution < 1.29 is 14.7 Å². The number of quaternary nitrogens is 1. The molecule has 7 nitrogen and oxygen atoms in total. The van der Waals surface area contributed by atoms with Gasteiger partial charge in [-0.1, -0.05) is 0 Å². The predicted octanol–water partition coefficient (Wildman–Crippen LogP) is 2.04. The third-order valence-corrected chi connectivity index (χ3v) is 3.64. The van der Waals surface area contributed by atoms with E-state index in [9.17, 15) is 4.79 Å². The van der Waals surface area contributed by atoms with Gasteiger partial charge in [-0.2, -0.15) is 0 Å². The van der Waals surface area contributed by atoms with Gasteiger partial charge >= 0.3 is 0 Å². The monoisotopic (exact) mass is 330 g/mol. The number of hydroxylamine groups is 2. The summed E-state index contributed by atoms with van der Waals surface area (Å²) in [4.78, 5) is 18.8. The molecule has 128 valence electrons. The Kier molecular flexibility index (Phi) is 5.83. The third kappa shape index (κ3) is 4.27. The lowest BCUT2D eigenvalue weighted by Crippen LogP contribution is -3.10. The average molecular weight is 330 g/mol. The first-order valence-corrected chi connectivity index (χ1v) is 7.68. The number of benzene rings is 1. The zero-order valence-electron chi connectivity index (χ0n) is 14.7. The van der Waals surface area contributed by atoms with E-state index in [1.54, 1.807) is 7.11 Å². The van der Waals surface area contributed by atoms with Crippen LogP contribution in [0.15, 0.2) is 52.4 Å². The molecule has 0 saturated carbocycles. The van der Waals surface area contributed by atoms with E-state index in [1.807, 2.05) is 62.5 Å². The summed E-state index contributed by atoms with van der Waals surface area (Å²) in [5, 5.41) is 12.3. The zero-order valence-corrected chi connectivity index (χ0v) is 14.7. The van der Waals surface area contributed by atoms with Crippen molar-refractivity contribution in [1.29, 1.82) is 0 Å². The van der Waals surface area contributed by atoms with Gasteiger partial charge in [0.2, 0.25) is 5.91 Å². The largest absolute Gasteiger partial charge is 0.378 e. The van der Waals surface area contributed by atoms with Crippen LogP contribution in [0.25, 0.3) is 0 Å². The predicted molar refractivity (Wildman–Crippen MR) is 94.2 cm³/mol. The maximum absolute atomic E-state index is 11.5. The Morgan fingerprint density at radius 1 is 1.38 bits per heavy atom. The van der Waals surface area contributed by atoms with Crippen LogP contribution in [0.3, 0.4) is 0 Å². The van der Waals surface area contributed by atoms with E-state index in [4.69, 9.17) is 4.84 Å². The fourth-order valence-electron chi connectivity index (χ4n) is 2.33. The molecule has 1 aromatic carbocycles. The molecule has 2 unspecified atom stereocenters. The highest BCUT2D eigenvalue weighted by molar-refractivity contribution is 5.92. The average Bonchev–Trinajstić information content (AvgIpc) is 2.53. The summed E-state index contributed by atoms with van der Waals surface area (Å²) < 4.78 is 0. The maximum Gasteiger partial charge on any atom is 0.256 e. The van der Waals surface area contributed by atoms with Crippen LogP contribution in [0, 0.1) is 0 Å². The van der Waals surface area contributed by atoms with E-state index < -0.39 is 0 Å². The normalized spacial score (nSPS) is 20.1. The molecule has 1 amide bonds. The molecule has 2 atom stereocenters. The Labute approximate surface area is 142 Å². The Balaban J connectivity index is 2.32.